The predicted octanol–water partition coefficient (Wildman–Crippen LogP) is 3.69. The zero-order valence-corrected chi connectivity index (χ0v) is 10.9. The predicted molar refractivity (Wildman–Crippen MR) is 73.3 cm³/mol. The third kappa shape index (κ3) is 1.59. The van der Waals surface area contributed by atoms with Gasteiger partial charge in [-0.15, -0.1) is 0 Å². The third-order valence-corrected chi connectivity index (χ3v) is 3.63. The van der Waals surface area contributed by atoms with Crippen molar-refractivity contribution in [3.63, 3.8) is 0 Å². The summed E-state index contributed by atoms with van der Waals surface area (Å²) < 4.78 is 1.84. The molecule has 4 heteroatoms. The number of hydrogen-bond acceptors (Lipinski definition) is 2. The summed E-state index contributed by atoms with van der Waals surface area (Å²) in [5.41, 5.74) is 3.71. The van der Waals surface area contributed by atoms with E-state index >= 15 is 0 Å². The average molecular weight is 258 g/mol. The summed E-state index contributed by atoms with van der Waals surface area (Å²) >= 11 is 6.21. The maximum atomic E-state index is 6.21. The highest BCUT2D eigenvalue weighted by Crippen LogP contribution is 2.27. The number of para-hydroxylation sites is 1. The molecule has 2 heterocycles. The van der Waals surface area contributed by atoms with Crippen LogP contribution in [0.4, 0.5) is 0 Å². The van der Waals surface area contributed by atoms with Crippen LogP contribution < -0.4 is 0 Å². The number of pyridine rings is 1. The van der Waals surface area contributed by atoms with Gasteiger partial charge in [0.1, 0.15) is 0 Å². The molecule has 0 saturated carbocycles. The molecule has 3 aromatic rings. The van der Waals surface area contributed by atoms with E-state index in [-0.39, 0.29) is 0 Å². The van der Waals surface area contributed by atoms with Gasteiger partial charge in [0.25, 0.3) is 0 Å². The van der Waals surface area contributed by atoms with Crippen molar-refractivity contribution in [1.29, 1.82) is 0 Å². The van der Waals surface area contributed by atoms with Gasteiger partial charge >= 0.3 is 0 Å². The van der Waals surface area contributed by atoms with Crippen molar-refractivity contribution in [2.45, 2.75) is 13.8 Å². The van der Waals surface area contributed by atoms with E-state index in [1.54, 1.807) is 0 Å². The van der Waals surface area contributed by atoms with E-state index in [1.165, 1.54) is 0 Å². The number of rotatable bonds is 1. The van der Waals surface area contributed by atoms with Gasteiger partial charge in [-0.3, -0.25) is 0 Å². The Bertz CT molecular complexity index is 717. The smallest absolute Gasteiger partial charge is 0.163 e. The number of hydrogen-bond donors (Lipinski definition) is 0. The molecule has 0 spiro atoms. The maximum absolute atomic E-state index is 6.21. The number of aryl methyl sites for hydroxylation is 2. The van der Waals surface area contributed by atoms with Crippen LogP contribution in [0.3, 0.4) is 0 Å². The van der Waals surface area contributed by atoms with Gasteiger partial charge in [0.05, 0.1) is 22.6 Å². The second-order valence-corrected chi connectivity index (χ2v) is 4.64. The summed E-state index contributed by atoms with van der Waals surface area (Å²) in [5, 5.41) is 6.12. The second-order valence-electron chi connectivity index (χ2n) is 4.27. The first-order valence-electron chi connectivity index (χ1n) is 5.74. The summed E-state index contributed by atoms with van der Waals surface area (Å²) in [6.45, 7) is 3.91. The highest BCUT2D eigenvalue weighted by molar-refractivity contribution is 6.32. The molecule has 0 aliphatic rings. The van der Waals surface area contributed by atoms with Crippen LogP contribution in [0.15, 0.2) is 36.5 Å². The first kappa shape index (κ1) is 11.2. The van der Waals surface area contributed by atoms with Crippen molar-refractivity contribution in [3.8, 4) is 5.69 Å². The lowest BCUT2D eigenvalue weighted by molar-refractivity contribution is 0.894. The van der Waals surface area contributed by atoms with Crippen molar-refractivity contribution < 1.29 is 0 Å². The van der Waals surface area contributed by atoms with Gasteiger partial charge < -0.3 is 0 Å². The van der Waals surface area contributed by atoms with Crippen LogP contribution in [0.1, 0.15) is 11.3 Å². The lowest BCUT2D eigenvalue weighted by atomic mass is 10.2. The molecule has 0 amide bonds. The number of nitrogens with zero attached hydrogens (tertiary/aromatic N) is 3. The summed E-state index contributed by atoms with van der Waals surface area (Å²) in [7, 11) is 0. The van der Waals surface area contributed by atoms with E-state index in [1.807, 2.05) is 55.1 Å². The van der Waals surface area contributed by atoms with Crippen molar-refractivity contribution >= 4 is 22.6 Å². The molecule has 0 fully saturated rings. The topological polar surface area (TPSA) is 30.7 Å². The van der Waals surface area contributed by atoms with E-state index in [0.717, 1.165) is 33.0 Å². The molecule has 3 nitrogen and oxygen atoms in total. The Morgan fingerprint density at radius 3 is 2.56 bits per heavy atom. The first-order valence-corrected chi connectivity index (χ1v) is 6.12. The van der Waals surface area contributed by atoms with E-state index in [9.17, 15) is 0 Å². The fraction of sp³-hybridized carbons (Fsp3) is 0.143. The van der Waals surface area contributed by atoms with Crippen LogP contribution in [-0.2, 0) is 0 Å². The van der Waals surface area contributed by atoms with Gasteiger partial charge in [0.2, 0.25) is 0 Å². The zero-order chi connectivity index (χ0) is 12.7. The third-order valence-electron chi connectivity index (χ3n) is 3.07. The molecule has 18 heavy (non-hydrogen) atoms. The number of halogens is 1. The summed E-state index contributed by atoms with van der Waals surface area (Å²) in [6.07, 6.45) is 1.82. The monoisotopic (exact) mass is 257 g/mol. The molecule has 3 rings (SSSR count). The normalized spacial score (nSPS) is 11.1. The summed E-state index contributed by atoms with van der Waals surface area (Å²) in [5.74, 6) is 0. The fourth-order valence-electron chi connectivity index (χ4n) is 2.07. The van der Waals surface area contributed by atoms with E-state index < -0.39 is 0 Å². The lowest BCUT2D eigenvalue weighted by Crippen LogP contribution is -1.98. The Hall–Kier alpha value is -1.87. The van der Waals surface area contributed by atoms with Crippen LogP contribution >= 0.6 is 11.6 Å². The van der Waals surface area contributed by atoms with Crippen LogP contribution in [0.25, 0.3) is 16.7 Å². The van der Waals surface area contributed by atoms with Gasteiger partial charge in [-0.25, -0.2) is 9.67 Å². The first-order chi connectivity index (χ1) is 8.68. The molecule has 0 bridgehead atoms. The number of benzene rings is 1. The van der Waals surface area contributed by atoms with Gasteiger partial charge in [-0.1, -0.05) is 29.8 Å². The van der Waals surface area contributed by atoms with Gasteiger partial charge in [-0.2, -0.15) is 5.10 Å². The van der Waals surface area contributed by atoms with Crippen LogP contribution in [0.5, 0.6) is 0 Å². The maximum Gasteiger partial charge on any atom is 0.163 e. The molecule has 90 valence electrons. The highest BCUT2D eigenvalue weighted by atomic mass is 35.5. The van der Waals surface area contributed by atoms with Gasteiger partial charge in [0, 0.05) is 5.39 Å². The van der Waals surface area contributed by atoms with E-state index in [4.69, 9.17) is 11.6 Å². The quantitative estimate of drug-likeness (QED) is 0.666. The molecular weight excluding hydrogens is 246 g/mol. The second kappa shape index (κ2) is 4.10. The molecule has 0 saturated heterocycles. The highest BCUT2D eigenvalue weighted by Gasteiger charge is 2.12. The summed E-state index contributed by atoms with van der Waals surface area (Å²) in [4.78, 5) is 4.54. The number of aromatic nitrogens is 3. The van der Waals surface area contributed by atoms with Crippen LogP contribution in [0, 0.1) is 13.8 Å². The van der Waals surface area contributed by atoms with Crippen molar-refractivity contribution in [2.24, 2.45) is 0 Å². The van der Waals surface area contributed by atoms with Crippen molar-refractivity contribution in [2.75, 3.05) is 0 Å². The molecule has 0 radical (unpaired) electrons. The minimum atomic E-state index is 0.718. The Balaban J connectivity index is 2.34. The van der Waals surface area contributed by atoms with E-state index in [2.05, 4.69) is 10.1 Å². The van der Waals surface area contributed by atoms with E-state index in [0.29, 0.717) is 0 Å². The Morgan fingerprint density at radius 1 is 1.11 bits per heavy atom. The standard InChI is InChI=1S/C14H12ClN3/c1-9-12-8-16-18(11-6-4-3-5-7-11)14(12)17-10(2)13(9)15/h3-8H,1-2H3. The zero-order valence-electron chi connectivity index (χ0n) is 10.2. The Kier molecular flexibility index (Phi) is 2.56. The largest absolute Gasteiger partial charge is 0.232 e. The molecule has 0 aliphatic heterocycles. The van der Waals surface area contributed by atoms with Crippen molar-refractivity contribution in [3.05, 3.63) is 52.8 Å². The van der Waals surface area contributed by atoms with Crippen molar-refractivity contribution in [1.82, 2.24) is 14.8 Å². The molecule has 0 aliphatic carbocycles. The number of fused-ring (bicyclic) bond motifs is 1. The molecule has 2 aromatic heterocycles. The van der Waals surface area contributed by atoms with Crippen LogP contribution in [-0.4, -0.2) is 14.8 Å². The molecule has 0 N–H and O–H groups in total. The molecular formula is C14H12ClN3. The molecule has 0 unspecified atom stereocenters. The van der Waals surface area contributed by atoms with Gasteiger partial charge in [-0.05, 0) is 31.5 Å². The molecule has 0 atom stereocenters. The Morgan fingerprint density at radius 2 is 1.83 bits per heavy atom. The minimum absolute atomic E-state index is 0.718. The Labute approximate surface area is 110 Å². The average Bonchev–Trinajstić information content (AvgIpc) is 2.81. The lowest BCUT2D eigenvalue weighted by Gasteiger charge is -2.06. The fourth-order valence-corrected chi connectivity index (χ4v) is 2.21. The van der Waals surface area contributed by atoms with Gasteiger partial charge in [0.15, 0.2) is 5.65 Å². The molecule has 1 aromatic carbocycles. The summed E-state index contributed by atoms with van der Waals surface area (Å²) in [6, 6.07) is 9.97. The SMILES string of the molecule is Cc1nc2c(cnn2-c2ccccc2)c(C)c1Cl. The van der Waals surface area contributed by atoms with Crippen LogP contribution in [0.2, 0.25) is 5.02 Å². The minimum Gasteiger partial charge on any atom is -0.232 e.